The molecule has 11 heteroatoms. The van der Waals surface area contributed by atoms with Crippen LogP contribution in [0.4, 0.5) is 17.5 Å². The van der Waals surface area contributed by atoms with E-state index in [0.717, 1.165) is 35.4 Å². The van der Waals surface area contributed by atoms with E-state index in [1.54, 1.807) is 12.1 Å². The predicted molar refractivity (Wildman–Crippen MR) is 110 cm³/mol. The number of piperidine rings is 1. The third-order valence-electron chi connectivity index (χ3n) is 5.28. The van der Waals surface area contributed by atoms with Crippen molar-refractivity contribution < 1.29 is 14.5 Å². The van der Waals surface area contributed by atoms with Crippen LogP contribution in [0.3, 0.4) is 0 Å². The SMILES string of the molecule is NCC(=O)N1CCC(Nc2nc(Nc3ccc4c(c3)ONO4)nc3[nH]ccc23)CC1. The fourth-order valence-electron chi connectivity index (χ4n) is 3.69. The number of nitrogens with one attached hydrogen (secondary N) is 4. The zero-order chi connectivity index (χ0) is 20.5. The van der Waals surface area contributed by atoms with Crippen LogP contribution in [0.15, 0.2) is 30.5 Å². The van der Waals surface area contributed by atoms with Crippen LogP contribution < -0.4 is 31.7 Å². The maximum Gasteiger partial charge on any atom is 0.236 e. The summed E-state index contributed by atoms with van der Waals surface area (Å²) in [7, 11) is 0. The van der Waals surface area contributed by atoms with Gasteiger partial charge in [0.2, 0.25) is 11.9 Å². The highest BCUT2D eigenvalue weighted by Crippen LogP contribution is 2.33. The van der Waals surface area contributed by atoms with E-state index in [2.05, 4.69) is 31.2 Å². The van der Waals surface area contributed by atoms with Crippen molar-refractivity contribution in [3.8, 4) is 11.5 Å². The molecule has 2 aromatic heterocycles. The van der Waals surface area contributed by atoms with E-state index < -0.39 is 0 Å². The van der Waals surface area contributed by atoms with Gasteiger partial charge in [-0.3, -0.25) is 4.79 Å². The van der Waals surface area contributed by atoms with E-state index in [0.29, 0.717) is 30.5 Å². The summed E-state index contributed by atoms with van der Waals surface area (Å²) in [6, 6.07) is 7.61. The molecule has 4 heterocycles. The lowest BCUT2D eigenvalue weighted by Crippen LogP contribution is -2.44. The van der Waals surface area contributed by atoms with Gasteiger partial charge in [-0.05, 0) is 31.0 Å². The Morgan fingerprint density at radius 1 is 1.20 bits per heavy atom. The van der Waals surface area contributed by atoms with Gasteiger partial charge in [-0.25, -0.2) is 0 Å². The van der Waals surface area contributed by atoms with Gasteiger partial charge in [-0.15, -0.1) is 0 Å². The monoisotopic (exact) mass is 410 g/mol. The second-order valence-corrected chi connectivity index (χ2v) is 7.21. The Bertz CT molecular complexity index is 1080. The number of amides is 1. The van der Waals surface area contributed by atoms with E-state index in [4.69, 9.17) is 15.4 Å². The molecule has 0 atom stereocenters. The van der Waals surface area contributed by atoms with E-state index >= 15 is 0 Å². The number of hydrogen-bond acceptors (Lipinski definition) is 9. The lowest BCUT2D eigenvalue weighted by molar-refractivity contribution is -0.130. The van der Waals surface area contributed by atoms with Crippen molar-refractivity contribution in [1.82, 2.24) is 25.5 Å². The third-order valence-corrected chi connectivity index (χ3v) is 5.28. The second kappa shape index (κ2) is 7.69. The molecule has 1 amide bonds. The van der Waals surface area contributed by atoms with Gasteiger partial charge in [-0.1, -0.05) is 0 Å². The van der Waals surface area contributed by atoms with Gasteiger partial charge in [0, 0.05) is 42.7 Å². The van der Waals surface area contributed by atoms with E-state index in [9.17, 15) is 4.79 Å². The van der Waals surface area contributed by atoms with Crippen molar-refractivity contribution >= 4 is 34.4 Å². The smallest absolute Gasteiger partial charge is 0.236 e. The number of carbonyl (C=O) groups excluding carboxylic acids is 1. The van der Waals surface area contributed by atoms with Crippen molar-refractivity contribution in [2.24, 2.45) is 5.73 Å². The molecular formula is C19H22N8O3. The number of aromatic amines is 1. The van der Waals surface area contributed by atoms with Crippen molar-refractivity contribution in [2.45, 2.75) is 18.9 Å². The first-order chi connectivity index (χ1) is 14.7. The van der Waals surface area contributed by atoms with Crippen molar-refractivity contribution in [2.75, 3.05) is 30.3 Å². The van der Waals surface area contributed by atoms with Gasteiger partial charge in [0.15, 0.2) is 11.5 Å². The quantitative estimate of drug-likeness (QED) is 0.420. The molecule has 1 fully saturated rings. The summed E-state index contributed by atoms with van der Waals surface area (Å²) < 4.78 is 0. The Kier molecular flexibility index (Phi) is 4.73. The number of nitrogens with two attached hydrogens (primary N) is 1. The topological polar surface area (TPSA) is 142 Å². The standard InChI is InChI=1S/C19H22N8O3/c20-10-16(28)27-7-4-11(5-8-27)22-18-13-3-6-21-17(13)24-19(25-18)23-12-1-2-14-15(9-12)30-26-29-14/h1-3,6,9,11,26H,4-5,7-8,10,20H2,(H3,21,22,23,24,25). The molecule has 2 aliphatic rings. The van der Waals surface area contributed by atoms with Crippen LogP contribution in [0.2, 0.25) is 0 Å². The number of hydrogen-bond donors (Lipinski definition) is 5. The molecule has 6 N–H and O–H groups in total. The van der Waals surface area contributed by atoms with Crippen molar-refractivity contribution in [3.05, 3.63) is 30.5 Å². The van der Waals surface area contributed by atoms with Crippen LogP contribution in [0, 0.1) is 0 Å². The fraction of sp³-hybridized carbons (Fsp3) is 0.316. The molecule has 0 spiro atoms. The summed E-state index contributed by atoms with van der Waals surface area (Å²) in [5, 5.41) is 7.64. The number of rotatable bonds is 5. The Labute approximate surface area is 171 Å². The minimum atomic E-state index is -0.00563. The average Bonchev–Trinajstić information content (AvgIpc) is 3.43. The Morgan fingerprint density at radius 3 is 2.87 bits per heavy atom. The number of aromatic nitrogens is 3. The largest absolute Gasteiger partial charge is 0.370 e. The van der Waals surface area contributed by atoms with E-state index in [1.165, 1.54) is 0 Å². The first-order valence-corrected chi connectivity index (χ1v) is 9.79. The lowest BCUT2D eigenvalue weighted by Gasteiger charge is -2.32. The molecule has 11 nitrogen and oxygen atoms in total. The summed E-state index contributed by atoms with van der Waals surface area (Å²) in [6.45, 7) is 1.43. The van der Waals surface area contributed by atoms with Gasteiger partial charge in [0.05, 0.1) is 11.9 Å². The normalized spacial score (nSPS) is 16.1. The third kappa shape index (κ3) is 3.55. The summed E-state index contributed by atoms with van der Waals surface area (Å²) in [4.78, 5) is 36.3. The number of anilines is 3. The summed E-state index contributed by atoms with van der Waals surface area (Å²) >= 11 is 0. The molecule has 0 bridgehead atoms. The van der Waals surface area contributed by atoms with Crippen molar-refractivity contribution in [1.29, 1.82) is 0 Å². The van der Waals surface area contributed by atoms with Gasteiger partial charge in [-0.2, -0.15) is 9.97 Å². The molecule has 156 valence electrons. The fourth-order valence-corrected chi connectivity index (χ4v) is 3.69. The minimum absolute atomic E-state index is 0.00563. The Hall–Kier alpha value is -3.57. The second-order valence-electron chi connectivity index (χ2n) is 7.21. The zero-order valence-corrected chi connectivity index (χ0v) is 16.1. The lowest BCUT2D eigenvalue weighted by atomic mass is 10.0. The van der Waals surface area contributed by atoms with Crippen LogP contribution in [0.5, 0.6) is 11.5 Å². The van der Waals surface area contributed by atoms with Gasteiger partial charge in [0.1, 0.15) is 11.5 Å². The van der Waals surface area contributed by atoms with Gasteiger partial charge < -0.3 is 35.9 Å². The highest BCUT2D eigenvalue weighted by molar-refractivity contribution is 5.88. The summed E-state index contributed by atoms with van der Waals surface area (Å²) in [5.74, 6) is 2.39. The molecular weight excluding hydrogens is 388 g/mol. The van der Waals surface area contributed by atoms with Crippen LogP contribution >= 0.6 is 0 Å². The maximum absolute atomic E-state index is 11.8. The number of H-pyrrole nitrogens is 1. The highest BCUT2D eigenvalue weighted by Gasteiger charge is 2.23. The first kappa shape index (κ1) is 18.5. The Morgan fingerprint density at radius 2 is 2.03 bits per heavy atom. The molecule has 1 aromatic carbocycles. The van der Waals surface area contributed by atoms with Gasteiger partial charge in [0.25, 0.3) is 0 Å². The molecule has 5 rings (SSSR count). The highest BCUT2D eigenvalue weighted by atomic mass is 16.9. The summed E-state index contributed by atoms with van der Waals surface area (Å²) in [6.07, 6.45) is 3.50. The van der Waals surface area contributed by atoms with Crippen LogP contribution in [-0.4, -0.2) is 51.4 Å². The number of likely N-dealkylation sites (tertiary alicyclic amines) is 1. The molecule has 0 radical (unpaired) electrons. The molecule has 2 aliphatic heterocycles. The van der Waals surface area contributed by atoms with E-state index in [-0.39, 0.29) is 18.5 Å². The van der Waals surface area contributed by atoms with Crippen LogP contribution in [-0.2, 0) is 4.79 Å². The molecule has 0 saturated carbocycles. The molecule has 1 saturated heterocycles. The molecule has 0 unspecified atom stereocenters. The van der Waals surface area contributed by atoms with E-state index in [1.807, 2.05) is 23.2 Å². The molecule has 3 aromatic rings. The van der Waals surface area contributed by atoms with Gasteiger partial charge >= 0.3 is 0 Å². The Balaban J connectivity index is 1.34. The number of benzene rings is 1. The molecule has 30 heavy (non-hydrogen) atoms. The predicted octanol–water partition coefficient (Wildman–Crippen LogP) is 1.25. The van der Waals surface area contributed by atoms with Crippen LogP contribution in [0.25, 0.3) is 11.0 Å². The first-order valence-electron chi connectivity index (χ1n) is 9.79. The van der Waals surface area contributed by atoms with Crippen molar-refractivity contribution in [3.63, 3.8) is 0 Å². The van der Waals surface area contributed by atoms with Crippen LogP contribution in [0.1, 0.15) is 12.8 Å². The number of carbonyl (C=O) groups is 1. The molecule has 0 aliphatic carbocycles. The minimum Gasteiger partial charge on any atom is -0.370 e. The summed E-state index contributed by atoms with van der Waals surface area (Å²) in [5.41, 5.74) is 9.33. The zero-order valence-electron chi connectivity index (χ0n) is 16.1. The maximum atomic E-state index is 11.8. The average molecular weight is 410 g/mol. The number of fused-ring (bicyclic) bond motifs is 2. The number of nitrogens with zero attached hydrogens (tertiary/aromatic N) is 3.